The number of nitrogen functional groups attached to an aromatic ring is 1. The molecule has 8 N–H and O–H groups in total. The largest absolute Gasteiger partial charge is 0.488 e. The maximum atomic E-state index is 12.0. The number of imidazole rings is 1. The molecule has 6 atom stereocenters. The summed E-state index contributed by atoms with van der Waals surface area (Å²) in [6, 6.07) is 0. The number of aromatic nitrogens is 4. The summed E-state index contributed by atoms with van der Waals surface area (Å²) in [7, 11) is -16.4. The first kappa shape index (κ1) is 25.3. The number of fused-ring (bicyclic) bond motifs is 1. The number of anilines is 1. The van der Waals surface area contributed by atoms with Gasteiger partial charge in [-0.15, -0.1) is 0 Å². The van der Waals surface area contributed by atoms with E-state index in [4.69, 9.17) is 25.0 Å². The van der Waals surface area contributed by atoms with Gasteiger partial charge in [-0.25, -0.2) is 28.4 Å². The van der Waals surface area contributed by atoms with Crippen LogP contribution in [0.25, 0.3) is 11.2 Å². The third-order valence-electron chi connectivity index (χ3n) is 4.12. The number of nitrogens with two attached hydrogens (primary N) is 1. The fourth-order valence-electron chi connectivity index (χ4n) is 2.79. The van der Waals surface area contributed by atoms with Crippen LogP contribution in [0.3, 0.4) is 0 Å². The Kier molecular flexibility index (Phi) is 6.67. The van der Waals surface area contributed by atoms with Crippen LogP contribution in [-0.4, -0.2) is 73.6 Å². The fraction of sp³-hybridized carbons (Fsp3) is 0.545. The highest BCUT2D eigenvalue weighted by Gasteiger charge is 2.54. The van der Waals surface area contributed by atoms with Crippen molar-refractivity contribution in [1.82, 2.24) is 19.5 Å². The van der Waals surface area contributed by atoms with Gasteiger partial charge in [0.25, 0.3) is 0 Å². The van der Waals surface area contributed by atoms with E-state index >= 15 is 0 Å². The van der Waals surface area contributed by atoms with Gasteiger partial charge in [0.2, 0.25) is 0 Å². The number of hydrogen-bond donors (Lipinski definition) is 7. The van der Waals surface area contributed by atoms with E-state index in [2.05, 4.69) is 23.6 Å². The third-order valence-corrected chi connectivity index (χ3v) is 8.10. The molecule has 3 rings (SSSR count). The van der Waals surface area contributed by atoms with Crippen molar-refractivity contribution in [1.29, 1.82) is 0 Å². The van der Waals surface area contributed by atoms with Crippen molar-refractivity contribution in [2.75, 3.05) is 12.1 Å². The van der Waals surface area contributed by atoms with E-state index in [0.717, 1.165) is 13.3 Å². The lowest BCUT2D eigenvalue weighted by Gasteiger charge is -2.28. The van der Waals surface area contributed by atoms with Crippen LogP contribution in [-0.2, 0) is 31.8 Å². The highest BCUT2D eigenvalue weighted by Crippen LogP contribution is 2.66. The van der Waals surface area contributed by atoms with Crippen LogP contribution >= 0.6 is 23.2 Å². The second-order valence-electron chi connectivity index (χ2n) is 6.58. The second-order valence-corrected chi connectivity index (χ2v) is 11.3. The van der Waals surface area contributed by atoms with Crippen LogP contribution in [0, 0.1) is 0 Å². The molecule has 1 aliphatic heterocycles. The smallest absolute Gasteiger partial charge is 0.385 e. The van der Waals surface area contributed by atoms with Gasteiger partial charge in [-0.2, -0.15) is 4.31 Å². The predicted octanol–water partition coefficient (Wildman–Crippen LogP) is -1.24. The number of nitrogens with zero attached hydrogens (tertiary/aromatic N) is 4. The van der Waals surface area contributed by atoms with Crippen molar-refractivity contribution in [2.24, 2.45) is 0 Å². The number of hydrogen-bond acceptors (Lipinski definition) is 13. The summed E-state index contributed by atoms with van der Waals surface area (Å²) in [4.78, 5) is 47.7. The number of rotatable bonds is 8. The van der Waals surface area contributed by atoms with E-state index in [1.54, 1.807) is 0 Å². The molecule has 0 saturated carbocycles. The average Bonchev–Trinajstić information content (AvgIpc) is 3.14. The van der Waals surface area contributed by atoms with Gasteiger partial charge in [0.1, 0.15) is 24.1 Å². The zero-order valence-electron chi connectivity index (χ0n) is 15.8. The summed E-state index contributed by atoms with van der Waals surface area (Å²) in [6.45, 7) is 1.08. The first-order valence-electron chi connectivity index (χ1n) is 8.27. The van der Waals surface area contributed by atoms with Gasteiger partial charge < -0.3 is 45.0 Å². The minimum atomic E-state index is -5.68. The van der Waals surface area contributed by atoms with Crippen molar-refractivity contribution in [3.8, 4) is 0 Å². The van der Waals surface area contributed by atoms with Crippen molar-refractivity contribution in [3.63, 3.8) is 0 Å². The van der Waals surface area contributed by atoms with E-state index < -0.39 is 53.8 Å². The summed E-state index contributed by atoms with van der Waals surface area (Å²) >= 11 is 0. The molecule has 1 fully saturated rings. The van der Waals surface area contributed by atoms with Crippen LogP contribution in [0.1, 0.15) is 13.2 Å². The molecule has 1 saturated heterocycles. The summed E-state index contributed by atoms with van der Waals surface area (Å²) < 4.78 is 53.2. The standard InChI is InChI=1S/C11H18N5O13P3/c1-11(26-4-30(19,20)28-32(24,25)29-31(21,22)23)7(18)6(17)10(27-11)16-3-15-5-8(12)13-2-14-9(5)16/h2-3,6-7,10,17-18H,4H2,1H3,(H,19,20)(H,24,25)(H2,12,13,14)(H2,21,22,23)/t6-,7+,10-,11+/m1/s1. The topological polar surface area (TPSA) is 279 Å². The molecule has 2 unspecified atom stereocenters. The van der Waals surface area contributed by atoms with E-state index in [0.29, 0.717) is 0 Å². The van der Waals surface area contributed by atoms with E-state index in [1.807, 2.05) is 0 Å². The monoisotopic (exact) mass is 521 g/mol. The molecule has 21 heteroatoms. The first-order chi connectivity index (χ1) is 14.5. The zero-order valence-corrected chi connectivity index (χ0v) is 18.5. The van der Waals surface area contributed by atoms with Gasteiger partial charge in [0.15, 0.2) is 29.8 Å². The Labute approximate surface area is 177 Å². The minimum absolute atomic E-state index is 0.0325. The average molecular weight is 521 g/mol. The Balaban J connectivity index is 1.76. The van der Waals surface area contributed by atoms with Crippen LogP contribution < -0.4 is 5.73 Å². The molecule has 0 radical (unpaired) electrons. The number of aliphatic hydroxyl groups excluding tert-OH is 2. The quantitative estimate of drug-likeness (QED) is 0.200. The van der Waals surface area contributed by atoms with Crippen molar-refractivity contribution in [3.05, 3.63) is 12.7 Å². The van der Waals surface area contributed by atoms with Crippen LogP contribution in [0.4, 0.5) is 5.82 Å². The Morgan fingerprint density at radius 2 is 1.81 bits per heavy atom. The van der Waals surface area contributed by atoms with Gasteiger partial charge in [-0.05, 0) is 6.92 Å². The molecule has 2 aromatic heterocycles. The lowest BCUT2D eigenvalue weighted by atomic mass is 10.1. The van der Waals surface area contributed by atoms with E-state index in [1.165, 1.54) is 10.9 Å². The third kappa shape index (κ3) is 5.40. The minimum Gasteiger partial charge on any atom is -0.385 e. The van der Waals surface area contributed by atoms with Gasteiger partial charge >= 0.3 is 23.2 Å². The van der Waals surface area contributed by atoms with Gasteiger partial charge in [0.05, 0.1) is 6.33 Å². The molecular weight excluding hydrogens is 503 g/mol. The number of phosphoric acid groups is 2. The molecular formula is C11H18N5O13P3. The summed E-state index contributed by atoms with van der Waals surface area (Å²) in [5, 5.41) is 20.8. The predicted molar refractivity (Wildman–Crippen MR) is 100 cm³/mol. The molecule has 18 nitrogen and oxygen atoms in total. The van der Waals surface area contributed by atoms with Crippen LogP contribution in [0.5, 0.6) is 0 Å². The maximum Gasteiger partial charge on any atom is 0.488 e. The fourth-order valence-corrected chi connectivity index (χ4v) is 6.15. The van der Waals surface area contributed by atoms with Crippen molar-refractivity contribution >= 4 is 40.2 Å². The molecule has 0 amide bonds. The van der Waals surface area contributed by atoms with Gasteiger partial charge in [0, 0.05) is 0 Å². The number of ether oxygens (including phenoxy) is 2. The molecule has 0 spiro atoms. The first-order valence-corrected chi connectivity index (χ1v) is 13.1. The lowest BCUT2D eigenvalue weighted by Crippen LogP contribution is -2.43. The molecule has 0 bridgehead atoms. The Morgan fingerprint density at radius 1 is 1.16 bits per heavy atom. The highest BCUT2D eigenvalue weighted by atomic mass is 31.3. The second kappa shape index (κ2) is 8.45. The zero-order chi connectivity index (χ0) is 24.1. The maximum absolute atomic E-state index is 12.0. The Morgan fingerprint density at radius 3 is 2.44 bits per heavy atom. The van der Waals surface area contributed by atoms with Gasteiger partial charge in [-0.1, -0.05) is 0 Å². The van der Waals surface area contributed by atoms with Crippen molar-refractivity contribution in [2.45, 2.75) is 31.1 Å². The van der Waals surface area contributed by atoms with Crippen LogP contribution in [0.15, 0.2) is 12.7 Å². The number of aliphatic hydroxyl groups is 2. The molecule has 1 aliphatic rings. The lowest BCUT2D eigenvalue weighted by molar-refractivity contribution is -0.247. The van der Waals surface area contributed by atoms with E-state index in [9.17, 15) is 33.7 Å². The summed E-state index contributed by atoms with van der Waals surface area (Å²) in [5.41, 5.74) is 5.99. The Bertz CT molecular complexity index is 1150. The van der Waals surface area contributed by atoms with Crippen molar-refractivity contribution < 1.29 is 61.6 Å². The normalized spacial score (nSPS) is 30.3. The van der Waals surface area contributed by atoms with E-state index in [-0.39, 0.29) is 17.0 Å². The molecule has 2 aromatic rings. The Hall–Kier alpha value is -1.36. The molecule has 3 heterocycles. The molecule has 0 aliphatic carbocycles. The summed E-state index contributed by atoms with van der Waals surface area (Å²) in [6.07, 6.45) is -3.96. The van der Waals surface area contributed by atoms with Crippen LogP contribution in [0.2, 0.25) is 0 Å². The highest BCUT2D eigenvalue weighted by molar-refractivity contribution is 7.68. The summed E-state index contributed by atoms with van der Waals surface area (Å²) in [5.74, 6) is -2.13. The SMILES string of the molecule is C[C@]1(OCP(=O)(O)OP(=O)(O)OP(=O)(O)O)O[C@@H](n2cnc3c(N)ncnc32)[C@H](O)[C@@H]1O. The van der Waals surface area contributed by atoms with Gasteiger partial charge in [-0.3, -0.25) is 9.13 Å². The molecule has 32 heavy (non-hydrogen) atoms. The molecule has 0 aromatic carbocycles. The molecule has 180 valence electrons.